The predicted octanol–water partition coefficient (Wildman–Crippen LogP) is 5.21. The molecule has 2 bridgehead atoms. The molecule has 1 aliphatic carbocycles. The predicted molar refractivity (Wildman–Crippen MR) is 222 cm³/mol. The Kier molecular flexibility index (Phi) is 18.3. The number of fused-ring (bicyclic) bond motifs is 3. The quantitative estimate of drug-likeness (QED) is 0.185. The van der Waals surface area contributed by atoms with Gasteiger partial charge in [0, 0.05) is 59.0 Å². The van der Waals surface area contributed by atoms with E-state index < -0.39 is 83.9 Å². The number of rotatable bonds is 8. The number of carbonyl (C=O) groups is 5. The van der Waals surface area contributed by atoms with Gasteiger partial charge >= 0.3 is 11.9 Å². The van der Waals surface area contributed by atoms with Crippen LogP contribution in [0.3, 0.4) is 0 Å². The molecular formula is C46H71NO13. The van der Waals surface area contributed by atoms with E-state index in [1.165, 1.54) is 26.0 Å². The molecule has 0 aromatic rings. The van der Waals surface area contributed by atoms with Gasteiger partial charge in [0.2, 0.25) is 5.79 Å². The number of methoxy groups -OCH3 is 3. The lowest BCUT2D eigenvalue weighted by Crippen LogP contribution is -2.64. The molecule has 3 heterocycles. The van der Waals surface area contributed by atoms with Gasteiger partial charge in [0.1, 0.15) is 30.1 Å². The second kappa shape index (κ2) is 22.2. The van der Waals surface area contributed by atoms with Gasteiger partial charge in [-0.05, 0) is 95.5 Å². The van der Waals surface area contributed by atoms with Crippen LogP contribution in [0.25, 0.3) is 0 Å². The number of nitrogens with zero attached hydrogens (tertiary/aromatic N) is 1. The molecular weight excluding hydrogens is 774 g/mol. The third-order valence-corrected chi connectivity index (χ3v) is 13.2. The average molecular weight is 846 g/mol. The summed E-state index contributed by atoms with van der Waals surface area (Å²) in [6.45, 7) is 14.5. The Balaban J connectivity index is 1.77. The van der Waals surface area contributed by atoms with E-state index in [4.69, 9.17) is 28.4 Å². The minimum atomic E-state index is -2.52. The summed E-state index contributed by atoms with van der Waals surface area (Å²) in [5.41, 5.74) is 1.58. The zero-order chi connectivity index (χ0) is 44.5. The van der Waals surface area contributed by atoms with Crippen LogP contribution in [0, 0.1) is 29.6 Å². The van der Waals surface area contributed by atoms with Crippen molar-refractivity contribution in [3.8, 4) is 0 Å². The number of ketones is 2. The molecule has 4 rings (SSSR count). The van der Waals surface area contributed by atoms with E-state index in [1.54, 1.807) is 34.0 Å². The maximum absolute atomic E-state index is 14.4. The number of hydrogen-bond acceptors (Lipinski definition) is 13. The molecule has 14 atom stereocenters. The highest BCUT2D eigenvalue weighted by Gasteiger charge is 2.56. The SMILES string of the molecule is C=CC[C@@H]1/C=C(\C)C[C@H](C)C[C@H](OC)[C@H]2O[C@@](O)(C(=O)C(=O)N3CCCC[C@H]3C(=O)O[C@H](/C(C)=C/[C@@H]3CC[C@@H](OC(C)=O)[C@H](OC)C3)[C@H](C)[C@@H](O)CC1=O)[C@H](C)C[C@@H]2OC. The zero-order valence-electron chi connectivity index (χ0n) is 37.3. The van der Waals surface area contributed by atoms with Gasteiger partial charge in [-0.1, -0.05) is 44.6 Å². The fraction of sp³-hybridized carbons (Fsp3) is 0.761. The minimum absolute atomic E-state index is 0.0000402. The number of aliphatic hydroxyl groups excluding tert-OH is 1. The lowest BCUT2D eigenvalue weighted by atomic mass is 9.81. The van der Waals surface area contributed by atoms with Crippen LogP contribution in [0.1, 0.15) is 112 Å². The van der Waals surface area contributed by atoms with Crippen molar-refractivity contribution >= 4 is 29.4 Å². The van der Waals surface area contributed by atoms with Crippen LogP contribution >= 0.6 is 0 Å². The van der Waals surface area contributed by atoms with Crippen LogP contribution in [-0.4, -0.2) is 127 Å². The molecule has 0 spiro atoms. The fourth-order valence-corrected chi connectivity index (χ4v) is 9.76. The van der Waals surface area contributed by atoms with E-state index in [1.807, 2.05) is 26.0 Å². The molecule has 3 fully saturated rings. The number of hydrogen-bond donors (Lipinski definition) is 2. The highest BCUT2D eigenvalue weighted by Crippen LogP contribution is 2.39. The molecule has 338 valence electrons. The first-order valence-corrected chi connectivity index (χ1v) is 21.8. The summed E-state index contributed by atoms with van der Waals surface area (Å²) in [5, 5.41) is 23.8. The van der Waals surface area contributed by atoms with Gasteiger partial charge in [-0.3, -0.25) is 19.2 Å². The van der Waals surface area contributed by atoms with E-state index in [2.05, 4.69) is 6.58 Å². The molecule has 3 aliphatic heterocycles. The third-order valence-electron chi connectivity index (χ3n) is 13.2. The minimum Gasteiger partial charge on any atom is -0.460 e. The maximum atomic E-state index is 14.4. The van der Waals surface area contributed by atoms with Crippen molar-refractivity contribution < 1.29 is 62.6 Å². The molecule has 0 aromatic carbocycles. The second-order valence-corrected chi connectivity index (χ2v) is 17.9. The Morgan fingerprint density at radius 2 is 1.60 bits per heavy atom. The van der Waals surface area contributed by atoms with Gasteiger partial charge < -0.3 is 43.5 Å². The van der Waals surface area contributed by atoms with Crippen molar-refractivity contribution in [3.05, 3.63) is 36.0 Å². The largest absolute Gasteiger partial charge is 0.460 e. The van der Waals surface area contributed by atoms with Crippen molar-refractivity contribution in [3.63, 3.8) is 0 Å². The number of aliphatic hydroxyl groups is 2. The van der Waals surface area contributed by atoms with Crippen molar-refractivity contribution in [1.82, 2.24) is 4.90 Å². The summed E-state index contributed by atoms with van der Waals surface area (Å²) in [4.78, 5) is 69.8. The number of piperidine rings is 1. The molecule has 4 aliphatic rings. The van der Waals surface area contributed by atoms with E-state index >= 15 is 0 Å². The van der Waals surface area contributed by atoms with Crippen molar-refractivity contribution in [2.24, 2.45) is 29.6 Å². The average Bonchev–Trinajstić information content (AvgIpc) is 3.21. The standard InChI is InChI=1S/C46H71NO13/c1-11-14-33-20-26(2)19-27(3)21-39(56-9)42-40(57-10)23-29(5)46(54,60-42)43(51)44(52)47-18-13-12-15-34(47)45(53)59-41(30(6)35(49)25-36(33)50)28(4)22-32-16-17-37(58-31(7)48)38(24-32)55-8/h11,20,22,27,29-30,32-35,37-42,49,54H,1,12-19,21,23-25H2,2-10H3/b26-20+,28-22+/t27-,29+,30+,32-,33+,34-,35-,37+,38+,39-,40-,41+,42+,46+/m0/s1. The van der Waals surface area contributed by atoms with Gasteiger partial charge in [-0.2, -0.15) is 0 Å². The smallest absolute Gasteiger partial charge is 0.329 e. The first kappa shape index (κ1) is 49.4. The molecule has 2 saturated heterocycles. The van der Waals surface area contributed by atoms with Gasteiger partial charge in [-0.15, -0.1) is 6.58 Å². The molecule has 1 amide bonds. The lowest BCUT2D eigenvalue weighted by Gasteiger charge is -2.47. The summed E-state index contributed by atoms with van der Waals surface area (Å²) in [6, 6.07) is -1.16. The number of amides is 1. The second-order valence-electron chi connectivity index (χ2n) is 17.9. The number of allylic oxidation sites excluding steroid dienone is 4. The van der Waals surface area contributed by atoms with Crippen LogP contribution in [-0.2, 0) is 52.4 Å². The summed E-state index contributed by atoms with van der Waals surface area (Å²) in [7, 11) is 4.61. The molecule has 2 N–H and O–H groups in total. The van der Waals surface area contributed by atoms with Gasteiger partial charge in [-0.25, -0.2) is 4.79 Å². The first-order chi connectivity index (χ1) is 28.4. The molecule has 1 saturated carbocycles. The third kappa shape index (κ3) is 12.0. The van der Waals surface area contributed by atoms with Gasteiger partial charge in [0.05, 0.1) is 24.4 Å². The Bertz CT molecular complexity index is 1590. The topological polar surface area (TPSA) is 184 Å². The molecule has 14 heteroatoms. The van der Waals surface area contributed by atoms with Gasteiger partial charge in [0.15, 0.2) is 0 Å². The molecule has 0 aromatic heterocycles. The highest BCUT2D eigenvalue weighted by atomic mass is 16.7. The van der Waals surface area contributed by atoms with Crippen LogP contribution < -0.4 is 0 Å². The maximum Gasteiger partial charge on any atom is 0.329 e. The number of ether oxygens (including phenoxy) is 6. The number of carbonyl (C=O) groups excluding carboxylic acids is 5. The van der Waals surface area contributed by atoms with Crippen molar-refractivity contribution in [1.29, 1.82) is 0 Å². The van der Waals surface area contributed by atoms with E-state index in [-0.39, 0.29) is 55.5 Å². The fourth-order valence-electron chi connectivity index (χ4n) is 9.76. The molecule has 14 nitrogen and oxygen atoms in total. The Morgan fingerprint density at radius 1 is 0.933 bits per heavy atom. The van der Waals surface area contributed by atoms with E-state index in [0.29, 0.717) is 56.9 Å². The molecule has 0 radical (unpaired) electrons. The monoisotopic (exact) mass is 845 g/mol. The Morgan fingerprint density at radius 3 is 2.23 bits per heavy atom. The van der Waals surface area contributed by atoms with Crippen LogP contribution in [0.15, 0.2) is 36.0 Å². The molecule has 0 unspecified atom stereocenters. The number of cyclic esters (lactones) is 1. The van der Waals surface area contributed by atoms with E-state index in [0.717, 1.165) is 5.57 Å². The summed E-state index contributed by atoms with van der Waals surface area (Å²) >= 11 is 0. The summed E-state index contributed by atoms with van der Waals surface area (Å²) in [6.07, 6.45) is 4.94. The Hall–Kier alpha value is -3.27. The van der Waals surface area contributed by atoms with Crippen LogP contribution in [0.4, 0.5) is 0 Å². The number of Topliss-reactive ketones (excluding diaryl/α,β-unsaturated/α-hetero) is 2. The number of esters is 2. The lowest BCUT2D eigenvalue weighted by molar-refractivity contribution is -0.302. The normalized spacial score (nSPS) is 39.4. The van der Waals surface area contributed by atoms with Crippen LogP contribution in [0.2, 0.25) is 0 Å². The van der Waals surface area contributed by atoms with Crippen molar-refractivity contribution in [2.45, 2.75) is 167 Å². The van der Waals surface area contributed by atoms with Gasteiger partial charge in [0.25, 0.3) is 11.7 Å². The summed E-state index contributed by atoms with van der Waals surface area (Å²) in [5.74, 6) is -8.31. The Labute approximate surface area is 356 Å². The summed E-state index contributed by atoms with van der Waals surface area (Å²) < 4.78 is 35.5. The highest BCUT2D eigenvalue weighted by molar-refractivity contribution is 6.39. The van der Waals surface area contributed by atoms with E-state index in [9.17, 15) is 34.2 Å². The van der Waals surface area contributed by atoms with Crippen molar-refractivity contribution in [2.75, 3.05) is 27.9 Å². The molecule has 60 heavy (non-hydrogen) atoms. The first-order valence-electron chi connectivity index (χ1n) is 21.8. The zero-order valence-corrected chi connectivity index (χ0v) is 37.3. The van der Waals surface area contributed by atoms with Crippen LogP contribution in [0.5, 0.6) is 0 Å².